The molecule has 0 N–H and O–H groups in total. The molecule has 0 radical (unpaired) electrons. The van der Waals surface area contributed by atoms with Crippen LogP contribution in [0.5, 0.6) is 5.75 Å². The van der Waals surface area contributed by atoms with Gasteiger partial charge < -0.3 is 9.64 Å². The zero-order chi connectivity index (χ0) is 19.7. The number of amides is 1. The zero-order valence-electron chi connectivity index (χ0n) is 16.6. The van der Waals surface area contributed by atoms with Gasteiger partial charge in [-0.05, 0) is 69.7 Å². The second-order valence-corrected chi connectivity index (χ2v) is 9.53. The van der Waals surface area contributed by atoms with Crippen LogP contribution in [0.3, 0.4) is 0 Å². The molecule has 1 heterocycles. The molecule has 2 aliphatic carbocycles. The van der Waals surface area contributed by atoms with E-state index in [2.05, 4.69) is 4.90 Å². The number of benzene rings is 1. The molecule has 1 saturated heterocycles. The summed E-state index contributed by atoms with van der Waals surface area (Å²) in [5.41, 5.74) is 0.976. The fourth-order valence-corrected chi connectivity index (χ4v) is 5.05. The highest BCUT2D eigenvalue weighted by atomic mass is 35.5. The third kappa shape index (κ3) is 4.44. The molecule has 0 spiro atoms. The molecule has 3 aliphatic rings. The molecule has 1 aliphatic heterocycles. The lowest BCUT2D eigenvalue weighted by Crippen LogP contribution is -2.44. The molecule has 2 saturated carbocycles. The van der Waals surface area contributed by atoms with E-state index in [4.69, 9.17) is 27.9 Å². The predicted octanol–water partition coefficient (Wildman–Crippen LogP) is 5.01. The fourth-order valence-electron chi connectivity index (χ4n) is 4.52. The van der Waals surface area contributed by atoms with Crippen LogP contribution in [0.1, 0.15) is 50.5 Å². The van der Waals surface area contributed by atoms with Crippen LogP contribution in [0, 0.1) is 11.8 Å². The van der Waals surface area contributed by atoms with E-state index in [0.717, 1.165) is 63.2 Å². The Morgan fingerprint density at radius 1 is 1.18 bits per heavy atom. The molecule has 6 heteroatoms. The fraction of sp³-hybridized carbons (Fsp3) is 0.682. The van der Waals surface area contributed by atoms with Gasteiger partial charge in [-0.25, -0.2) is 0 Å². The summed E-state index contributed by atoms with van der Waals surface area (Å²) in [6, 6.07) is 3.78. The first-order chi connectivity index (χ1) is 13.5. The van der Waals surface area contributed by atoms with Crippen molar-refractivity contribution in [1.29, 1.82) is 0 Å². The highest BCUT2D eigenvalue weighted by Crippen LogP contribution is 2.39. The molecular formula is C22H30Cl2N2O2. The number of carbonyl (C=O) groups is 1. The summed E-state index contributed by atoms with van der Waals surface area (Å²) in [5, 5.41) is 1.37. The highest BCUT2D eigenvalue weighted by Gasteiger charge is 2.35. The van der Waals surface area contributed by atoms with Gasteiger partial charge in [0.1, 0.15) is 5.75 Å². The second kappa shape index (κ2) is 8.81. The minimum absolute atomic E-state index is 0.176. The normalized spacial score (nSPS) is 25.2. The average molecular weight is 425 g/mol. The van der Waals surface area contributed by atoms with E-state index in [9.17, 15) is 4.79 Å². The molecule has 1 aromatic rings. The van der Waals surface area contributed by atoms with Crippen molar-refractivity contribution in [2.45, 2.75) is 57.6 Å². The molecule has 0 unspecified atom stereocenters. The van der Waals surface area contributed by atoms with Crippen molar-refractivity contribution in [3.8, 4) is 5.75 Å². The molecule has 0 bridgehead atoms. The van der Waals surface area contributed by atoms with Gasteiger partial charge in [0.05, 0.1) is 11.1 Å². The monoisotopic (exact) mass is 424 g/mol. The number of hydrogen-bond donors (Lipinski definition) is 0. The zero-order valence-corrected chi connectivity index (χ0v) is 18.1. The Bertz CT molecular complexity index is 711. The van der Waals surface area contributed by atoms with E-state index in [-0.39, 0.29) is 12.0 Å². The van der Waals surface area contributed by atoms with Gasteiger partial charge in [-0.3, -0.25) is 9.69 Å². The van der Waals surface area contributed by atoms with Crippen molar-refractivity contribution in [2.24, 2.45) is 11.8 Å². The van der Waals surface area contributed by atoms with Crippen molar-refractivity contribution in [3.05, 3.63) is 27.7 Å². The van der Waals surface area contributed by atoms with Crippen molar-refractivity contribution >= 4 is 29.1 Å². The largest absolute Gasteiger partial charge is 0.489 e. The Morgan fingerprint density at radius 2 is 1.89 bits per heavy atom. The minimum atomic E-state index is 0.176. The summed E-state index contributed by atoms with van der Waals surface area (Å²) in [6.07, 6.45) is 7.94. The Labute approximate surface area is 178 Å². The van der Waals surface area contributed by atoms with Gasteiger partial charge >= 0.3 is 0 Å². The van der Waals surface area contributed by atoms with Crippen LogP contribution in [-0.4, -0.2) is 48.5 Å². The first-order valence-corrected chi connectivity index (χ1v) is 11.4. The smallest absolute Gasteiger partial charge is 0.225 e. The van der Waals surface area contributed by atoms with Gasteiger partial charge in [0.15, 0.2) is 0 Å². The van der Waals surface area contributed by atoms with Crippen LogP contribution in [0.25, 0.3) is 0 Å². The van der Waals surface area contributed by atoms with Crippen LogP contribution in [0.15, 0.2) is 12.1 Å². The first-order valence-electron chi connectivity index (χ1n) is 10.6. The Kier molecular flexibility index (Phi) is 6.39. The van der Waals surface area contributed by atoms with Crippen molar-refractivity contribution in [3.63, 3.8) is 0 Å². The maximum absolute atomic E-state index is 12.3. The number of nitrogens with zero attached hydrogens (tertiary/aromatic N) is 2. The summed E-state index contributed by atoms with van der Waals surface area (Å²) >= 11 is 13.1. The molecule has 0 atom stereocenters. The van der Waals surface area contributed by atoms with Gasteiger partial charge in [0, 0.05) is 36.6 Å². The van der Waals surface area contributed by atoms with E-state index in [1.54, 1.807) is 0 Å². The lowest BCUT2D eigenvalue weighted by Gasteiger charge is -2.39. The molecule has 154 valence electrons. The number of hydrogen-bond acceptors (Lipinski definition) is 3. The van der Waals surface area contributed by atoms with Crippen LogP contribution in [-0.2, 0) is 11.3 Å². The summed E-state index contributed by atoms with van der Waals surface area (Å²) < 4.78 is 6.18. The van der Waals surface area contributed by atoms with Crippen molar-refractivity contribution in [2.75, 3.05) is 26.7 Å². The van der Waals surface area contributed by atoms with Crippen molar-refractivity contribution in [1.82, 2.24) is 9.80 Å². The SMILES string of the molecule is CN(CC1CC(Oc2ccc(Cl)c(CN3CCCC3)c2Cl)C1)C(=O)C1CCC1. The standard InChI is InChI=1S/C22H30Cl2N2O2/c1-25(22(27)16-5-4-6-16)13-15-11-17(12-15)28-20-8-7-19(23)18(21(20)24)14-26-9-2-3-10-26/h7-8,15-17H,2-6,9-14H2,1H3. The predicted molar refractivity (Wildman–Crippen MR) is 113 cm³/mol. The molecule has 1 aromatic carbocycles. The molecular weight excluding hydrogens is 395 g/mol. The van der Waals surface area contributed by atoms with Crippen molar-refractivity contribution < 1.29 is 9.53 Å². The molecule has 1 amide bonds. The van der Waals surface area contributed by atoms with Gasteiger partial charge in [-0.15, -0.1) is 0 Å². The topological polar surface area (TPSA) is 32.8 Å². The van der Waals surface area contributed by atoms with Gasteiger partial charge in [-0.1, -0.05) is 29.6 Å². The maximum Gasteiger partial charge on any atom is 0.225 e. The molecule has 4 rings (SSSR count). The molecule has 3 fully saturated rings. The summed E-state index contributed by atoms with van der Waals surface area (Å²) in [6.45, 7) is 3.84. The number of halogens is 2. The average Bonchev–Trinajstić information content (AvgIpc) is 3.10. The molecule has 28 heavy (non-hydrogen) atoms. The number of ether oxygens (including phenoxy) is 1. The van der Waals surface area contributed by atoms with Gasteiger partial charge in [0.2, 0.25) is 5.91 Å². The van der Waals surface area contributed by atoms with E-state index in [0.29, 0.717) is 21.9 Å². The lowest BCUT2D eigenvalue weighted by atomic mass is 9.80. The lowest BCUT2D eigenvalue weighted by molar-refractivity contribution is -0.138. The minimum Gasteiger partial charge on any atom is -0.489 e. The highest BCUT2D eigenvalue weighted by molar-refractivity contribution is 6.36. The third-order valence-corrected chi connectivity index (χ3v) is 7.35. The van der Waals surface area contributed by atoms with E-state index in [1.165, 1.54) is 19.3 Å². The van der Waals surface area contributed by atoms with Crippen LogP contribution in [0.2, 0.25) is 10.0 Å². The molecule has 4 nitrogen and oxygen atoms in total. The first kappa shape index (κ1) is 20.3. The summed E-state index contributed by atoms with van der Waals surface area (Å²) in [5.74, 6) is 1.86. The Hall–Kier alpha value is -0.970. The number of rotatable bonds is 7. The third-order valence-electron chi connectivity index (χ3n) is 6.58. The molecule has 0 aromatic heterocycles. The number of likely N-dealkylation sites (tertiary alicyclic amines) is 1. The number of carbonyl (C=O) groups excluding carboxylic acids is 1. The van der Waals surface area contributed by atoms with E-state index >= 15 is 0 Å². The Morgan fingerprint density at radius 3 is 2.54 bits per heavy atom. The second-order valence-electron chi connectivity index (χ2n) is 8.75. The van der Waals surface area contributed by atoms with E-state index in [1.807, 2.05) is 24.1 Å². The summed E-state index contributed by atoms with van der Waals surface area (Å²) in [7, 11) is 1.94. The van der Waals surface area contributed by atoms with Crippen LogP contribution >= 0.6 is 23.2 Å². The van der Waals surface area contributed by atoms with E-state index < -0.39 is 0 Å². The summed E-state index contributed by atoms with van der Waals surface area (Å²) in [4.78, 5) is 16.6. The van der Waals surface area contributed by atoms with Gasteiger partial charge in [-0.2, -0.15) is 0 Å². The quantitative estimate of drug-likeness (QED) is 0.616. The van der Waals surface area contributed by atoms with Crippen LogP contribution < -0.4 is 4.74 Å². The van der Waals surface area contributed by atoms with Crippen LogP contribution in [0.4, 0.5) is 0 Å². The Balaban J connectivity index is 1.28. The van der Waals surface area contributed by atoms with Gasteiger partial charge in [0.25, 0.3) is 0 Å². The maximum atomic E-state index is 12.3.